The van der Waals surface area contributed by atoms with Crippen LogP contribution in [0.5, 0.6) is 0 Å². The van der Waals surface area contributed by atoms with E-state index < -0.39 is 5.97 Å². The van der Waals surface area contributed by atoms with Crippen molar-refractivity contribution in [2.24, 2.45) is 0 Å². The second kappa shape index (κ2) is 7.19. The Bertz CT molecular complexity index is 239. The van der Waals surface area contributed by atoms with E-state index in [-0.39, 0.29) is 24.9 Å². The van der Waals surface area contributed by atoms with Crippen molar-refractivity contribution in [3.8, 4) is 0 Å². The van der Waals surface area contributed by atoms with Crippen LogP contribution in [-0.4, -0.2) is 49.3 Å². The molecule has 16 heavy (non-hydrogen) atoms. The number of carboxylic acid groups (broad SMARTS) is 1. The average Bonchev–Trinajstić information content (AvgIpc) is 2.25. The van der Waals surface area contributed by atoms with Crippen LogP contribution in [0.1, 0.15) is 19.3 Å². The number of carboxylic acids is 1. The Morgan fingerprint density at radius 1 is 1.31 bits per heavy atom. The molecule has 0 bridgehead atoms. The maximum Gasteiger partial charge on any atom is 0.304 e. The molecule has 1 aliphatic heterocycles. The first-order valence-electron chi connectivity index (χ1n) is 5.48. The van der Waals surface area contributed by atoms with Gasteiger partial charge in [-0.1, -0.05) is 0 Å². The zero-order chi connectivity index (χ0) is 11.8. The maximum absolute atomic E-state index is 11.4. The third-order valence-corrected chi connectivity index (χ3v) is 2.39. The number of ether oxygens (including phenoxy) is 1. The third-order valence-electron chi connectivity index (χ3n) is 2.39. The van der Waals surface area contributed by atoms with E-state index in [1.807, 2.05) is 0 Å². The summed E-state index contributed by atoms with van der Waals surface area (Å²) in [5.74, 6) is -0.949. The van der Waals surface area contributed by atoms with E-state index in [9.17, 15) is 9.59 Å². The van der Waals surface area contributed by atoms with Gasteiger partial charge in [0.2, 0.25) is 5.91 Å². The van der Waals surface area contributed by atoms with Crippen molar-refractivity contribution in [1.29, 1.82) is 0 Å². The van der Waals surface area contributed by atoms with E-state index >= 15 is 0 Å². The number of nitrogens with one attached hydrogen (secondary N) is 2. The number of carbonyl (C=O) groups excluding carboxylic acids is 1. The van der Waals surface area contributed by atoms with Gasteiger partial charge in [-0.15, -0.1) is 0 Å². The Morgan fingerprint density at radius 2 is 2.00 bits per heavy atom. The molecule has 1 aliphatic rings. The van der Waals surface area contributed by atoms with E-state index in [2.05, 4.69) is 10.6 Å². The molecular formula is C10H18N2O4. The van der Waals surface area contributed by atoms with Crippen LogP contribution < -0.4 is 10.6 Å². The van der Waals surface area contributed by atoms with Gasteiger partial charge in [0.25, 0.3) is 0 Å². The topological polar surface area (TPSA) is 87.7 Å². The molecule has 0 saturated carbocycles. The van der Waals surface area contributed by atoms with Gasteiger partial charge in [0.05, 0.1) is 13.0 Å². The lowest BCUT2D eigenvalue weighted by molar-refractivity contribution is -0.137. The maximum atomic E-state index is 11.4. The molecule has 0 atom stereocenters. The Morgan fingerprint density at radius 3 is 2.62 bits per heavy atom. The van der Waals surface area contributed by atoms with Gasteiger partial charge in [-0.2, -0.15) is 0 Å². The van der Waals surface area contributed by atoms with Crippen LogP contribution in [0.3, 0.4) is 0 Å². The van der Waals surface area contributed by atoms with E-state index in [0.717, 1.165) is 12.8 Å². The molecule has 1 heterocycles. The van der Waals surface area contributed by atoms with E-state index in [1.165, 1.54) is 0 Å². The summed E-state index contributed by atoms with van der Waals surface area (Å²) in [5, 5.41) is 14.0. The SMILES string of the molecule is O=C(O)CCNCC(=O)NC1CCOCC1. The molecule has 0 aromatic rings. The number of amides is 1. The lowest BCUT2D eigenvalue weighted by Crippen LogP contribution is -2.43. The molecule has 1 fully saturated rings. The smallest absolute Gasteiger partial charge is 0.304 e. The Balaban J connectivity index is 2.03. The van der Waals surface area contributed by atoms with Crippen molar-refractivity contribution in [2.75, 3.05) is 26.3 Å². The molecule has 92 valence electrons. The third kappa shape index (κ3) is 5.67. The fraction of sp³-hybridized carbons (Fsp3) is 0.800. The largest absolute Gasteiger partial charge is 0.481 e. The van der Waals surface area contributed by atoms with Gasteiger partial charge in [-0.05, 0) is 12.8 Å². The molecule has 1 saturated heterocycles. The van der Waals surface area contributed by atoms with Gasteiger partial charge in [-0.25, -0.2) is 0 Å². The summed E-state index contributed by atoms with van der Waals surface area (Å²) in [6, 6.07) is 0.197. The van der Waals surface area contributed by atoms with Gasteiger partial charge in [-0.3, -0.25) is 9.59 Å². The fourth-order valence-electron chi connectivity index (χ4n) is 1.52. The molecular weight excluding hydrogens is 212 g/mol. The van der Waals surface area contributed by atoms with Gasteiger partial charge < -0.3 is 20.5 Å². The molecule has 3 N–H and O–H groups in total. The molecule has 0 aromatic heterocycles. The molecule has 0 aromatic carbocycles. The van der Waals surface area contributed by atoms with E-state index in [4.69, 9.17) is 9.84 Å². The lowest BCUT2D eigenvalue weighted by atomic mass is 10.1. The standard InChI is InChI=1S/C10H18N2O4/c13-9(7-11-4-1-10(14)15)12-8-2-5-16-6-3-8/h8,11H,1-7H2,(H,12,13)(H,14,15). The van der Waals surface area contributed by atoms with Crippen LogP contribution in [0.25, 0.3) is 0 Å². The summed E-state index contributed by atoms with van der Waals surface area (Å²) in [4.78, 5) is 21.6. The van der Waals surface area contributed by atoms with Crippen LogP contribution in [0.4, 0.5) is 0 Å². The minimum absolute atomic E-state index is 0.0323. The first-order valence-corrected chi connectivity index (χ1v) is 5.48. The van der Waals surface area contributed by atoms with Crippen molar-refractivity contribution < 1.29 is 19.4 Å². The van der Waals surface area contributed by atoms with Gasteiger partial charge in [0.15, 0.2) is 0 Å². The number of hydrogen-bond acceptors (Lipinski definition) is 4. The summed E-state index contributed by atoms with van der Waals surface area (Å²) >= 11 is 0. The molecule has 0 spiro atoms. The molecule has 0 radical (unpaired) electrons. The van der Waals surface area contributed by atoms with Gasteiger partial charge >= 0.3 is 5.97 Å². The second-order valence-electron chi connectivity index (χ2n) is 3.77. The highest BCUT2D eigenvalue weighted by Crippen LogP contribution is 2.05. The highest BCUT2D eigenvalue weighted by atomic mass is 16.5. The number of aliphatic carboxylic acids is 1. The first kappa shape index (κ1) is 12.9. The highest BCUT2D eigenvalue weighted by molar-refractivity contribution is 5.78. The quantitative estimate of drug-likeness (QED) is 0.528. The van der Waals surface area contributed by atoms with Gasteiger partial charge in [0, 0.05) is 25.8 Å². The van der Waals surface area contributed by atoms with E-state index in [0.29, 0.717) is 19.8 Å². The second-order valence-corrected chi connectivity index (χ2v) is 3.77. The molecule has 0 unspecified atom stereocenters. The normalized spacial score (nSPS) is 17.0. The van der Waals surface area contributed by atoms with E-state index in [1.54, 1.807) is 0 Å². The van der Waals surface area contributed by atoms with Gasteiger partial charge in [0.1, 0.15) is 0 Å². The molecule has 1 amide bonds. The Labute approximate surface area is 94.3 Å². The highest BCUT2D eigenvalue weighted by Gasteiger charge is 2.15. The Kier molecular flexibility index (Phi) is 5.81. The minimum Gasteiger partial charge on any atom is -0.481 e. The van der Waals surface area contributed by atoms with Crippen molar-refractivity contribution in [1.82, 2.24) is 10.6 Å². The summed E-state index contributed by atoms with van der Waals surface area (Å²) in [6.07, 6.45) is 1.73. The molecule has 6 heteroatoms. The predicted octanol–water partition coefficient (Wildman–Crippen LogP) is -0.654. The molecule has 1 rings (SSSR count). The first-order chi connectivity index (χ1) is 7.68. The van der Waals surface area contributed by atoms with Crippen LogP contribution in [-0.2, 0) is 14.3 Å². The fourth-order valence-corrected chi connectivity index (χ4v) is 1.52. The van der Waals surface area contributed by atoms with Crippen molar-refractivity contribution >= 4 is 11.9 Å². The van der Waals surface area contributed by atoms with Crippen molar-refractivity contribution in [2.45, 2.75) is 25.3 Å². The van der Waals surface area contributed by atoms with Crippen molar-refractivity contribution in [3.63, 3.8) is 0 Å². The zero-order valence-electron chi connectivity index (χ0n) is 9.20. The summed E-state index contributed by atoms with van der Waals surface area (Å²) in [6.45, 7) is 1.87. The summed E-state index contributed by atoms with van der Waals surface area (Å²) in [5.41, 5.74) is 0. The van der Waals surface area contributed by atoms with Crippen molar-refractivity contribution in [3.05, 3.63) is 0 Å². The number of carbonyl (C=O) groups is 2. The zero-order valence-corrected chi connectivity index (χ0v) is 9.20. The summed E-state index contributed by atoms with van der Waals surface area (Å²) in [7, 11) is 0. The monoisotopic (exact) mass is 230 g/mol. The molecule has 6 nitrogen and oxygen atoms in total. The number of hydrogen-bond donors (Lipinski definition) is 3. The van der Waals surface area contributed by atoms with Crippen LogP contribution >= 0.6 is 0 Å². The molecule has 0 aliphatic carbocycles. The predicted molar refractivity (Wildman–Crippen MR) is 57.1 cm³/mol. The van der Waals surface area contributed by atoms with Crippen LogP contribution in [0.15, 0.2) is 0 Å². The van der Waals surface area contributed by atoms with Crippen LogP contribution in [0, 0.1) is 0 Å². The minimum atomic E-state index is -0.864. The lowest BCUT2D eigenvalue weighted by Gasteiger charge is -2.23. The number of rotatable bonds is 6. The average molecular weight is 230 g/mol. The Hall–Kier alpha value is -1.14. The van der Waals surface area contributed by atoms with Crippen LogP contribution in [0.2, 0.25) is 0 Å². The summed E-state index contributed by atoms with van der Waals surface area (Å²) < 4.78 is 5.17.